The number of carbonyl (C=O) groups is 1. The third kappa shape index (κ3) is 9.56. The minimum Gasteiger partial charge on any atom is -0.494 e. The molecule has 1 fully saturated rings. The van der Waals surface area contributed by atoms with Crippen LogP contribution in [0.2, 0.25) is 0 Å². The van der Waals surface area contributed by atoms with E-state index in [0.29, 0.717) is 61.8 Å². The van der Waals surface area contributed by atoms with Crippen LogP contribution in [-0.2, 0) is 17.6 Å². The van der Waals surface area contributed by atoms with Crippen molar-refractivity contribution in [3.8, 4) is 28.5 Å². The van der Waals surface area contributed by atoms with Gasteiger partial charge in [-0.2, -0.15) is 0 Å². The van der Waals surface area contributed by atoms with Crippen LogP contribution in [0.15, 0.2) is 54.6 Å². The molecule has 4 rings (SSSR count). The van der Waals surface area contributed by atoms with Crippen molar-refractivity contribution in [1.82, 2.24) is 9.88 Å². The fourth-order valence-corrected chi connectivity index (χ4v) is 4.92. The standard InChI is InChI=1S/C34H43FN2O4/c1-5-39-31-11-7-27(8-12-31)33-13-9-29(36-34(33)41-23-25-14-16-37(4)17-15-25)21-30(38)10-6-26-18-28(35)20-32(19-26)40-22-24(2)3/h7-9,11-13,18-20,24-25H,5-6,10,14-17,21-23H2,1-4H3. The number of hydrogen-bond donors (Lipinski definition) is 0. The molecule has 6 nitrogen and oxygen atoms in total. The molecule has 41 heavy (non-hydrogen) atoms. The lowest BCUT2D eigenvalue weighted by molar-refractivity contribution is -0.118. The second-order valence-corrected chi connectivity index (χ2v) is 11.4. The molecule has 3 aromatic rings. The van der Waals surface area contributed by atoms with Crippen molar-refractivity contribution >= 4 is 5.78 Å². The molecule has 2 aromatic carbocycles. The number of carbonyl (C=O) groups excluding carboxylic acids is 1. The van der Waals surface area contributed by atoms with Gasteiger partial charge in [0.15, 0.2) is 0 Å². The number of halogens is 1. The van der Waals surface area contributed by atoms with E-state index in [4.69, 9.17) is 19.2 Å². The van der Waals surface area contributed by atoms with Crippen molar-refractivity contribution in [2.24, 2.45) is 11.8 Å². The molecule has 0 atom stereocenters. The number of ketones is 1. The fourth-order valence-electron chi connectivity index (χ4n) is 4.92. The molecule has 1 aromatic heterocycles. The average Bonchev–Trinajstić information content (AvgIpc) is 2.95. The van der Waals surface area contributed by atoms with Gasteiger partial charge in [0.05, 0.1) is 25.5 Å². The number of ether oxygens (including phenoxy) is 3. The Morgan fingerprint density at radius 3 is 2.46 bits per heavy atom. The first-order valence-electron chi connectivity index (χ1n) is 14.8. The Labute approximate surface area is 243 Å². The van der Waals surface area contributed by atoms with Gasteiger partial charge in [0.2, 0.25) is 5.88 Å². The summed E-state index contributed by atoms with van der Waals surface area (Å²) in [5.41, 5.74) is 3.30. The number of piperidine rings is 1. The summed E-state index contributed by atoms with van der Waals surface area (Å²) in [7, 11) is 2.15. The van der Waals surface area contributed by atoms with Gasteiger partial charge in [0, 0.05) is 24.5 Å². The topological polar surface area (TPSA) is 60.9 Å². The number of benzene rings is 2. The zero-order valence-electron chi connectivity index (χ0n) is 24.8. The van der Waals surface area contributed by atoms with Crippen molar-refractivity contribution in [3.63, 3.8) is 0 Å². The number of hydrogen-bond acceptors (Lipinski definition) is 6. The molecule has 0 amide bonds. The van der Waals surface area contributed by atoms with Gasteiger partial charge in [-0.3, -0.25) is 4.79 Å². The van der Waals surface area contributed by atoms with Crippen LogP contribution in [0.3, 0.4) is 0 Å². The molecule has 0 saturated carbocycles. The highest BCUT2D eigenvalue weighted by atomic mass is 19.1. The maximum Gasteiger partial charge on any atom is 0.221 e. The van der Waals surface area contributed by atoms with Crippen molar-refractivity contribution in [1.29, 1.82) is 0 Å². The van der Waals surface area contributed by atoms with Crippen molar-refractivity contribution in [3.05, 3.63) is 71.7 Å². The van der Waals surface area contributed by atoms with E-state index in [1.807, 2.05) is 63.2 Å². The van der Waals surface area contributed by atoms with Crippen LogP contribution in [0.4, 0.5) is 4.39 Å². The lowest BCUT2D eigenvalue weighted by Crippen LogP contribution is -2.32. The quantitative estimate of drug-likeness (QED) is 0.216. The summed E-state index contributed by atoms with van der Waals surface area (Å²) in [6, 6.07) is 16.5. The third-order valence-corrected chi connectivity index (χ3v) is 7.27. The first-order chi connectivity index (χ1) is 19.8. The molecule has 2 heterocycles. The maximum absolute atomic E-state index is 14.1. The van der Waals surface area contributed by atoms with E-state index in [1.54, 1.807) is 0 Å². The molecule has 1 saturated heterocycles. The van der Waals surface area contributed by atoms with Crippen molar-refractivity contribution < 1.29 is 23.4 Å². The fraction of sp³-hybridized carbons (Fsp3) is 0.471. The zero-order chi connectivity index (χ0) is 29.2. The monoisotopic (exact) mass is 562 g/mol. The van der Waals surface area contributed by atoms with E-state index >= 15 is 0 Å². The van der Waals surface area contributed by atoms with Gasteiger partial charge in [0.1, 0.15) is 23.1 Å². The summed E-state index contributed by atoms with van der Waals surface area (Å²) < 4.78 is 31.8. The summed E-state index contributed by atoms with van der Waals surface area (Å²) in [5, 5.41) is 0. The van der Waals surface area contributed by atoms with E-state index in [9.17, 15) is 9.18 Å². The molecule has 0 spiro atoms. The first kappa shape index (κ1) is 30.5. The molecular weight excluding hydrogens is 519 g/mol. The number of nitrogens with zero attached hydrogens (tertiary/aromatic N) is 2. The van der Waals surface area contributed by atoms with Crippen LogP contribution in [0.1, 0.15) is 51.3 Å². The van der Waals surface area contributed by atoms with Gasteiger partial charge < -0.3 is 19.1 Å². The molecule has 0 aliphatic carbocycles. The Kier molecular flexibility index (Phi) is 11.1. The summed E-state index contributed by atoms with van der Waals surface area (Å²) in [6.07, 6.45) is 3.12. The van der Waals surface area contributed by atoms with Gasteiger partial charge in [-0.05, 0) is 106 Å². The lowest BCUT2D eigenvalue weighted by Gasteiger charge is -2.28. The Balaban J connectivity index is 1.44. The Morgan fingerprint density at radius 2 is 1.76 bits per heavy atom. The van der Waals surface area contributed by atoms with Crippen LogP contribution in [0, 0.1) is 17.7 Å². The first-order valence-corrected chi connectivity index (χ1v) is 14.8. The van der Waals surface area contributed by atoms with Crippen molar-refractivity contribution in [2.75, 3.05) is 40.0 Å². The number of likely N-dealkylation sites (tertiary alicyclic amines) is 1. The normalized spacial score (nSPS) is 14.3. The van der Waals surface area contributed by atoms with Crippen LogP contribution < -0.4 is 14.2 Å². The second-order valence-electron chi connectivity index (χ2n) is 11.4. The summed E-state index contributed by atoms with van der Waals surface area (Å²) >= 11 is 0. The molecule has 1 aliphatic rings. The summed E-state index contributed by atoms with van der Waals surface area (Å²) in [5.74, 6) is 2.38. The van der Waals surface area contributed by atoms with Crippen molar-refractivity contribution in [2.45, 2.75) is 52.9 Å². The molecule has 220 valence electrons. The number of aryl methyl sites for hydroxylation is 1. The molecule has 1 aliphatic heterocycles. The van der Waals surface area contributed by atoms with Gasteiger partial charge in [-0.15, -0.1) is 0 Å². The number of rotatable bonds is 14. The maximum atomic E-state index is 14.1. The number of Topliss-reactive ketones (excluding diaryl/α,β-unsaturated/α-hetero) is 1. The highest BCUT2D eigenvalue weighted by Crippen LogP contribution is 2.31. The van der Waals surface area contributed by atoms with Crippen LogP contribution in [0.25, 0.3) is 11.1 Å². The van der Waals surface area contributed by atoms with E-state index in [1.165, 1.54) is 12.1 Å². The van der Waals surface area contributed by atoms with Gasteiger partial charge in [-0.25, -0.2) is 9.37 Å². The molecule has 0 unspecified atom stereocenters. The summed E-state index contributed by atoms with van der Waals surface area (Å²) in [6.45, 7) is 9.92. The predicted octanol–water partition coefficient (Wildman–Crippen LogP) is 6.79. The minimum atomic E-state index is -0.355. The summed E-state index contributed by atoms with van der Waals surface area (Å²) in [4.78, 5) is 20.1. The Hall–Kier alpha value is -3.45. The highest BCUT2D eigenvalue weighted by Gasteiger charge is 2.19. The van der Waals surface area contributed by atoms with E-state index in [-0.39, 0.29) is 18.0 Å². The molecule has 0 bridgehead atoms. The molecule has 7 heteroatoms. The van der Waals surface area contributed by atoms with Gasteiger partial charge >= 0.3 is 0 Å². The zero-order valence-corrected chi connectivity index (χ0v) is 24.8. The third-order valence-electron chi connectivity index (χ3n) is 7.27. The van der Waals surface area contributed by atoms with Gasteiger partial charge in [0.25, 0.3) is 0 Å². The Morgan fingerprint density at radius 1 is 1.00 bits per heavy atom. The lowest BCUT2D eigenvalue weighted by atomic mass is 9.98. The van der Waals surface area contributed by atoms with E-state index in [0.717, 1.165) is 48.4 Å². The highest BCUT2D eigenvalue weighted by molar-refractivity contribution is 5.81. The number of aromatic nitrogens is 1. The van der Waals surface area contributed by atoms with E-state index < -0.39 is 0 Å². The smallest absolute Gasteiger partial charge is 0.221 e. The molecular formula is C34H43FN2O4. The van der Waals surface area contributed by atoms with Gasteiger partial charge in [-0.1, -0.05) is 26.0 Å². The minimum absolute atomic E-state index is 0.0431. The Bertz CT molecular complexity index is 1270. The second kappa shape index (κ2) is 15.0. The molecule has 0 radical (unpaired) electrons. The SMILES string of the molecule is CCOc1ccc(-c2ccc(CC(=O)CCc3cc(F)cc(OCC(C)C)c3)nc2OCC2CCN(C)CC2)cc1. The average molecular weight is 563 g/mol. The van der Waals surface area contributed by atoms with E-state index in [2.05, 4.69) is 11.9 Å². The van der Waals surface area contributed by atoms with Crippen LogP contribution in [-0.4, -0.2) is 55.6 Å². The van der Waals surface area contributed by atoms with Crippen LogP contribution in [0.5, 0.6) is 17.4 Å². The largest absolute Gasteiger partial charge is 0.494 e. The van der Waals surface area contributed by atoms with Crippen LogP contribution >= 0.6 is 0 Å². The number of pyridine rings is 1. The molecule has 0 N–H and O–H groups in total. The predicted molar refractivity (Wildman–Crippen MR) is 160 cm³/mol.